The van der Waals surface area contributed by atoms with E-state index in [2.05, 4.69) is 21.3 Å². The molecule has 4 amide bonds. The van der Waals surface area contributed by atoms with E-state index in [1.165, 1.54) is 12.2 Å². The number of nitrogens with one attached hydrogen (secondary N) is 4. The topological polar surface area (TPSA) is 133 Å². The van der Waals surface area contributed by atoms with Crippen molar-refractivity contribution in [2.24, 2.45) is 11.8 Å². The molecule has 1 aliphatic heterocycles. The van der Waals surface area contributed by atoms with Crippen molar-refractivity contribution in [3.8, 4) is 0 Å². The predicted octanol–water partition coefficient (Wildman–Crippen LogP) is 2.01. The molecule has 1 saturated carbocycles. The number of likely N-dealkylation sites (N-methyl/N-ethyl adjacent to an activating group) is 1. The molecule has 1 aliphatic carbocycles. The van der Waals surface area contributed by atoms with E-state index in [-0.39, 0.29) is 24.8 Å². The number of halogens is 2. The van der Waals surface area contributed by atoms with Crippen LogP contribution in [0.3, 0.4) is 0 Å². The summed E-state index contributed by atoms with van der Waals surface area (Å²) in [7, 11) is 0. The van der Waals surface area contributed by atoms with Crippen molar-refractivity contribution in [1.29, 1.82) is 0 Å². The van der Waals surface area contributed by atoms with Crippen LogP contribution < -0.4 is 21.3 Å². The van der Waals surface area contributed by atoms with Crippen molar-refractivity contribution in [3.05, 3.63) is 39.9 Å². The summed E-state index contributed by atoms with van der Waals surface area (Å²) in [5, 5.41) is 11.3. The average molecular weight is 537 g/mol. The van der Waals surface area contributed by atoms with Gasteiger partial charge in [-0.05, 0) is 55.9 Å². The molecule has 1 saturated heterocycles. The first-order chi connectivity index (χ1) is 17.2. The fourth-order valence-corrected chi connectivity index (χ4v) is 4.48. The lowest BCUT2D eigenvalue weighted by Crippen LogP contribution is -2.54. The zero-order valence-corrected chi connectivity index (χ0v) is 21.5. The van der Waals surface area contributed by atoms with E-state index in [1.54, 1.807) is 25.1 Å². The molecular formula is C25H30Cl2N4O5. The number of carbonyl (C=O) groups is 5. The van der Waals surface area contributed by atoms with E-state index >= 15 is 0 Å². The third kappa shape index (κ3) is 8.06. The first-order valence-corrected chi connectivity index (χ1v) is 12.8. The molecule has 3 unspecified atom stereocenters. The van der Waals surface area contributed by atoms with Crippen molar-refractivity contribution in [2.75, 3.05) is 13.1 Å². The van der Waals surface area contributed by atoms with Crippen molar-refractivity contribution in [3.63, 3.8) is 0 Å². The molecule has 0 radical (unpaired) electrons. The molecule has 2 aliphatic rings. The Labute approximate surface area is 219 Å². The summed E-state index contributed by atoms with van der Waals surface area (Å²) < 4.78 is 0. The van der Waals surface area contributed by atoms with Crippen molar-refractivity contribution < 1.29 is 24.0 Å². The molecule has 4 N–H and O–H groups in total. The van der Waals surface area contributed by atoms with E-state index < -0.39 is 41.5 Å². The maximum atomic E-state index is 13.2. The van der Waals surface area contributed by atoms with Crippen molar-refractivity contribution in [1.82, 2.24) is 21.3 Å². The quantitative estimate of drug-likeness (QED) is 0.239. The van der Waals surface area contributed by atoms with Crippen LogP contribution in [0, 0.1) is 11.8 Å². The van der Waals surface area contributed by atoms with Crippen LogP contribution in [0.15, 0.2) is 24.3 Å². The average Bonchev–Trinajstić information content (AvgIpc) is 3.56. The number of Topliss-reactive ketones (excluding diaryl/α,β-unsaturated/α-hetero) is 1. The Bertz CT molecular complexity index is 1060. The maximum Gasteiger partial charge on any atom is 0.289 e. The summed E-state index contributed by atoms with van der Waals surface area (Å²) in [4.78, 5) is 62.9. The molecule has 194 valence electrons. The van der Waals surface area contributed by atoms with Crippen LogP contribution in [0.4, 0.5) is 0 Å². The molecule has 3 rings (SSSR count). The monoisotopic (exact) mass is 536 g/mol. The number of benzene rings is 1. The summed E-state index contributed by atoms with van der Waals surface area (Å²) in [5.74, 6) is -3.15. The maximum absolute atomic E-state index is 13.2. The molecule has 11 heteroatoms. The Morgan fingerprint density at radius 1 is 1.08 bits per heavy atom. The van der Waals surface area contributed by atoms with E-state index in [0.29, 0.717) is 35.0 Å². The molecule has 0 spiro atoms. The van der Waals surface area contributed by atoms with Crippen molar-refractivity contribution >= 4 is 58.7 Å². The Balaban J connectivity index is 1.70. The molecule has 0 bridgehead atoms. The van der Waals surface area contributed by atoms with Gasteiger partial charge < -0.3 is 21.3 Å². The van der Waals surface area contributed by atoms with Crippen LogP contribution >= 0.6 is 23.2 Å². The Morgan fingerprint density at radius 3 is 2.44 bits per heavy atom. The largest absolute Gasteiger partial charge is 0.356 e. The van der Waals surface area contributed by atoms with Gasteiger partial charge in [0.15, 0.2) is 0 Å². The van der Waals surface area contributed by atoms with Crippen LogP contribution in [0.25, 0.3) is 6.08 Å². The Hall–Kier alpha value is -2.91. The van der Waals surface area contributed by atoms with Gasteiger partial charge in [0.25, 0.3) is 5.91 Å². The van der Waals surface area contributed by atoms with Crippen LogP contribution in [-0.2, 0) is 24.0 Å². The first kappa shape index (κ1) is 27.7. The summed E-state index contributed by atoms with van der Waals surface area (Å²) in [6.07, 6.45) is 5.58. The minimum atomic E-state index is -1.18. The van der Waals surface area contributed by atoms with Crippen LogP contribution in [0.1, 0.15) is 44.6 Å². The van der Waals surface area contributed by atoms with Gasteiger partial charge in [-0.2, -0.15) is 0 Å². The van der Waals surface area contributed by atoms with Gasteiger partial charge in [0.2, 0.25) is 23.5 Å². The molecule has 3 atom stereocenters. The van der Waals surface area contributed by atoms with Gasteiger partial charge in [0.05, 0.1) is 6.04 Å². The summed E-state index contributed by atoms with van der Waals surface area (Å²) in [6.45, 7) is 2.40. The molecule has 36 heavy (non-hydrogen) atoms. The lowest BCUT2D eigenvalue weighted by atomic mass is 9.95. The van der Waals surface area contributed by atoms with Gasteiger partial charge in [-0.3, -0.25) is 24.0 Å². The highest BCUT2D eigenvalue weighted by molar-refractivity contribution is 6.38. The molecule has 2 fully saturated rings. The van der Waals surface area contributed by atoms with Crippen LogP contribution in [0.5, 0.6) is 0 Å². The van der Waals surface area contributed by atoms with Crippen LogP contribution in [-0.4, -0.2) is 54.6 Å². The second-order valence-corrected chi connectivity index (χ2v) is 9.88. The highest BCUT2D eigenvalue weighted by Gasteiger charge is 2.36. The minimum absolute atomic E-state index is 0.00655. The van der Waals surface area contributed by atoms with Crippen molar-refractivity contribution in [2.45, 2.75) is 51.1 Å². The number of carbonyl (C=O) groups excluding carboxylic acids is 5. The molecule has 1 heterocycles. The SMILES string of the molecule is CCNC(=O)C(=O)C(CC1CCNC1=O)NC(=O)C(CC1CC1)NC(=O)/C=C/c1ccc(Cl)cc1Cl. The second kappa shape index (κ2) is 12.9. The molecule has 0 aromatic heterocycles. The van der Waals surface area contributed by atoms with Gasteiger partial charge >= 0.3 is 0 Å². The van der Waals surface area contributed by atoms with Gasteiger partial charge in [-0.25, -0.2) is 0 Å². The number of hydrogen-bond donors (Lipinski definition) is 4. The van der Waals surface area contributed by atoms with E-state index in [9.17, 15) is 24.0 Å². The second-order valence-electron chi connectivity index (χ2n) is 9.04. The standard InChI is InChI=1S/C25H30Cl2N4O5/c1-2-28-25(36)22(33)19(12-16-9-10-29-23(16)34)31-24(35)20(11-14-3-4-14)30-21(32)8-6-15-5-7-17(26)13-18(15)27/h5-8,13-14,16,19-20H,2-4,9-12H2,1H3,(H,28,36)(H,29,34)(H,30,32)(H,31,35)/b8-6+. The van der Waals surface area contributed by atoms with Gasteiger partial charge in [0, 0.05) is 35.1 Å². The number of amides is 4. The third-order valence-electron chi connectivity index (χ3n) is 6.15. The van der Waals surface area contributed by atoms with E-state index in [4.69, 9.17) is 23.2 Å². The fourth-order valence-electron chi connectivity index (χ4n) is 4.00. The number of ketones is 1. The third-order valence-corrected chi connectivity index (χ3v) is 6.72. The smallest absolute Gasteiger partial charge is 0.289 e. The normalized spacial score (nSPS) is 18.9. The van der Waals surface area contributed by atoms with E-state index in [0.717, 1.165) is 12.8 Å². The highest BCUT2D eigenvalue weighted by atomic mass is 35.5. The molecule has 1 aromatic rings. The predicted molar refractivity (Wildman–Crippen MR) is 136 cm³/mol. The highest BCUT2D eigenvalue weighted by Crippen LogP contribution is 2.33. The zero-order valence-electron chi connectivity index (χ0n) is 19.9. The van der Waals surface area contributed by atoms with Gasteiger partial charge in [-0.1, -0.05) is 42.1 Å². The summed E-state index contributed by atoms with van der Waals surface area (Å²) in [6, 6.07) is 2.78. The number of hydrogen-bond acceptors (Lipinski definition) is 5. The molecule has 9 nitrogen and oxygen atoms in total. The van der Waals surface area contributed by atoms with E-state index in [1.807, 2.05) is 0 Å². The first-order valence-electron chi connectivity index (χ1n) is 12.0. The zero-order chi connectivity index (χ0) is 26.2. The van der Waals surface area contributed by atoms with Crippen LogP contribution in [0.2, 0.25) is 10.0 Å². The Morgan fingerprint density at radius 2 is 1.83 bits per heavy atom. The fraction of sp³-hybridized carbons (Fsp3) is 0.480. The Kier molecular flexibility index (Phi) is 9.89. The molecule has 1 aromatic carbocycles. The minimum Gasteiger partial charge on any atom is -0.356 e. The molecular weight excluding hydrogens is 507 g/mol. The van der Waals surface area contributed by atoms with Gasteiger partial charge in [0.1, 0.15) is 6.04 Å². The lowest BCUT2D eigenvalue weighted by Gasteiger charge is -2.23. The lowest BCUT2D eigenvalue weighted by molar-refractivity contribution is -0.141. The van der Waals surface area contributed by atoms with Gasteiger partial charge in [-0.15, -0.1) is 0 Å². The number of rotatable bonds is 12. The summed E-state index contributed by atoms with van der Waals surface area (Å²) in [5.41, 5.74) is 0.585. The summed E-state index contributed by atoms with van der Waals surface area (Å²) >= 11 is 12.0.